The van der Waals surface area contributed by atoms with Crippen molar-refractivity contribution in [2.24, 2.45) is 11.8 Å². The third kappa shape index (κ3) is 5.25. The molecule has 3 rings (SSSR count). The lowest BCUT2D eigenvalue weighted by molar-refractivity contribution is -0.150. The molecule has 3 heterocycles. The summed E-state index contributed by atoms with van der Waals surface area (Å²) in [4.78, 5) is 44.6. The summed E-state index contributed by atoms with van der Waals surface area (Å²) < 4.78 is 0. The first kappa shape index (κ1) is 22.8. The molecule has 3 aliphatic rings. The van der Waals surface area contributed by atoms with E-state index < -0.39 is 6.04 Å². The number of urea groups is 1. The Morgan fingerprint density at radius 1 is 1.07 bits per heavy atom. The summed E-state index contributed by atoms with van der Waals surface area (Å²) >= 11 is 0. The largest absolute Gasteiger partial charge is 0.339 e. The zero-order chi connectivity index (χ0) is 21.8. The van der Waals surface area contributed by atoms with Gasteiger partial charge in [0.25, 0.3) is 0 Å². The van der Waals surface area contributed by atoms with E-state index in [1.165, 1.54) is 0 Å². The van der Waals surface area contributed by atoms with E-state index in [9.17, 15) is 14.4 Å². The number of likely N-dealkylation sites (tertiary alicyclic amines) is 1. The SMILES string of the molecule is CC(C)CC1NCCN(C(CC(C)C)C(=O)N2CCCC(N3CCNC3=O)C2)C1=O. The van der Waals surface area contributed by atoms with Gasteiger partial charge in [0.05, 0.1) is 12.1 Å². The molecule has 0 bridgehead atoms. The second-order valence-electron chi connectivity index (χ2n) is 9.82. The van der Waals surface area contributed by atoms with Crippen LogP contribution in [0.5, 0.6) is 0 Å². The maximum atomic E-state index is 13.6. The van der Waals surface area contributed by atoms with Gasteiger partial charge in [-0.2, -0.15) is 0 Å². The third-order valence-corrected chi connectivity index (χ3v) is 6.43. The number of nitrogens with zero attached hydrogens (tertiary/aromatic N) is 3. The molecule has 30 heavy (non-hydrogen) atoms. The Bertz CT molecular complexity index is 638. The Morgan fingerprint density at radius 2 is 1.83 bits per heavy atom. The predicted octanol–water partition coefficient (Wildman–Crippen LogP) is 1.26. The molecule has 3 aliphatic heterocycles. The summed E-state index contributed by atoms with van der Waals surface area (Å²) in [5.74, 6) is 0.836. The van der Waals surface area contributed by atoms with E-state index in [2.05, 4.69) is 38.3 Å². The number of hydrogen-bond donors (Lipinski definition) is 2. The van der Waals surface area contributed by atoms with Gasteiger partial charge >= 0.3 is 6.03 Å². The highest BCUT2D eigenvalue weighted by molar-refractivity contribution is 5.90. The lowest BCUT2D eigenvalue weighted by atomic mass is 9.95. The van der Waals surface area contributed by atoms with Crippen molar-refractivity contribution in [2.45, 2.75) is 71.5 Å². The van der Waals surface area contributed by atoms with Gasteiger partial charge in [0, 0.05) is 39.3 Å². The topological polar surface area (TPSA) is 85.0 Å². The van der Waals surface area contributed by atoms with Crippen molar-refractivity contribution in [3.05, 3.63) is 0 Å². The Kier molecular flexibility index (Phi) is 7.60. The minimum Gasteiger partial charge on any atom is -0.339 e. The Morgan fingerprint density at radius 3 is 2.47 bits per heavy atom. The van der Waals surface area contributed by atoms with Gasteiger partial charge < -0.3 is 25.3 Å². The minimum absolute atomic E-state index is 0.0261. The van der Waals surface area contributed by atoms with Crippen molar-refractivity contribution in [1.29, 1.82) is 0 Å². The minimum atomic E-state index is -0.416. The summed E-state index contributed by atoms with van der Waals surface area (Å²) in [6.45, 7) is 12.4. The number of rotatable bonds is 7. The molecule has 0 saturated carbocycles. The Balaban J connectivity index is 1.73. The molecule has 2 N–H and O–H groups in total. The van der Waals surface area contributed by atoms with Crippen LogP contribution in [0, 0.1) is 11.8 Å². The van der Waals surface area contributed by atoms with Crippen LogP contribution in [-0.4, -0.2) is 89.9 Å². The maximum absolute atomic E-state index is 13.6. The Labute approximate surface area is 180 Å². The monoisotopic (exact) mass is 421 g/mol. The van der Waals surface area contributed by atoms with Gasteiger partial charge in [-0.1, -0.05) is 27.7 Å². The number of carbonyl (C=O) groups is 3. The second-order valence-corrected chi connectivity index (χ2v) is 9.82. The van der Waals surface area contributed by atoms with Crippen molar-refractivity contribution in [3.63, 3.8) is 0 Å². The highest BCUT2D eigenvalue weighted by Gasteiger charge is 2.40. The lowest BCUT2D eigenvalue weighted by Gasteiger charge is -2.43. The highest BCUT2D eigenvalue weighted by atomic mass is 16.2. The summed E-state index contributed by atoms with van der Waals surface area (Å²) in [6, 6.07) is -0.580. The maximum Gasteiger partial charge on any atom is 0.317 e. The average Bonchev–Trinajstić information content (AvgIpc) is 3.13. The zero-order valence-electron chi connectivity index (χ0n) is 19.0. The van der Waals surface area contributed by atoms with E-state index in [-0.39, 0.29) is 29.9 Å². The fraction of sp³-hybridized carbons (Fsp3) is 0.864. The molecule has 0 aromatic rings. The van der Waals surface area contributed by atoms with Crippen LogP contribution < -0.4 is 10.6 Å². The Hall–Kier alpha value is -1.83. The van der Waals surface area contributed by atoms with Gasteiger partial charge in [-0.15, -0.1) is 0 Å². The first-order valence-electron chi connectivity index (χ1n) is 11.6. The summed E-state index contributed by atoms with van der Waals surface area (Å²) in [7, 11) is 0. The van der Waals surface area contributed by atoms with Crippen LogP contribution in [-0.2, 0) is 9.59 Å². The van der Waals surface area contributed by atoms with E-state index in [0.29, 0.717) is 51.0 Å². The molecule has 4 amide bonds. The van der Waals surface area contributed by atoms with E-state index >= 15 is 0 Å². The van der Waals surface area contributed by atoms with Gasteiger partial charge in [-0.25, -0.2) is 4.79 Å². The number of hydrogen-bond acceptors (Lipinski definition) is 4. The summed E-state index contributed by atoms with van der Waals surface area (Å²) in [5, 5.41) is 6.20. The zero-order valence-corrected chi connectivity index (χ0v) is 19.0. The van der Waals surface area contributed by atoms with Crippen LogP contribution in [0.4, 0.5) is 4.79 Å². The van der Waals surface area contributed by atoms with Gasteiger partial charge in [0.15, 0.2) is 0 Å². The standard InChI is InChI=1S/C22H39N5O3/c1-15(2)12-18-20(28)27(11-7-23-18)19(13-16(3)4)21(29)25-9-5-6-17(14-25)26-10-8-24-22(26)30/h15-19,23H,5-14H2,1-4H3,(H,24,30). The molecule has 0 radical (unpaired) electrons. The molecule has 3 atom stereocenters. The van der Waals surface area contributed by atoms with E-state index in [1.807, 2.05) is 14.7 Å². The molecule has 0 aromatic carbocycles. The van der Waals surface area contributed by atoms with Crippen molar-refractivity contribution in [3.8, 4) is 0 Å². The second kappa shape index (κ2) is 9.98. The number of nitrogens with one attached hydrogen (secondary N) is 2. The summed E-state index contributed by atoms with van der Waals surface area (Å²) in [5.41, 5.74) is 0. The normalized spacial score (nSPS) is 26.5. The van der Waals surface area contributed by atoms with E-state index in [1.54, 1.807) is 0 Å². The van der Waals surface area contributed by atoms with Gasteiger partial charge in [-0.3, -0.25) is 9.59 Å². The van der Waals surface area contributed by atoms with Crippen LogP contribution in [0.3, 0.4) is 0 Å². The first-order chi connectivity index (χ1) is 14.3. The first-order valence-corrected chi connectivity index (χ1v) is 11.6. The van der Waals surface area contributed by atoms with Crippen LogP contribution in [0.25, 0.3) is 0 Å². The molecule has 3 saturated heterocycles. The molecular weight excluding hydrogens is 382 g/mol. The fourth-order valence-corrected chi connectivity index (χ4v) is 4.98. The van der Waals surface area contributed by atoms with Crippen LogP contribution in [0.15, 0.2) is 0 Å². The smallest absolute Gasteiger partial charge is 0.317 e. The highest BCUT2D eigenvalue weighted by Crippen LogP contribution is 2.23. The number of amides is 4. The van der Waals surface area contributed by atoms with Gasteiger partial charge in [-0.05, 0) is 37.5 Å². The molecule has 170 valence electrons. The van der Waals surface area contributed by atoms with E-state index in [4.69, 9.17) is 0 Å². The quantitative estimate of drug-likeness (QED) is 0.648. The van der Waals surface area contributed by atoms with E-state index in [0.717, 1.165) is 25.8 Å². The number of carbonyl (C=O) groups excluding carboxylic acids is 3. The number of piperazine rings is 1. The van der Waals surface area contributed by atoms with Crippen molar-refractivity contribution in [2.75, 3.05) is 39.3 Å². The summed E-state index contributed by atoms with van der Waals surface area (Å²) in [6.07, 6.45) is 3.27. The van der Waals surface area contributed by atoms with Gasteiger partial charge in [0.1, 0.15) is 6.04 Å². The fourth-order valence-electron chi connectivity index (χ4n) is 4.98. The molecule has 8 heteroatoms. The van der Waals surface area contributed by atoms with Crippen LogP contribution >= 0.6 is 0 Å². The molecule has 3 unspecified atom stereocenters. The molecule has 3 fully saturated rings. The van der Waals surface area contributed by atoms with Gasteiger partial charge in [0.2, 0.25) is 11.8 Å². The molecule has 0 spiro atoms. The van der Waals surface area contributed by atoms with Crippen LogP contribution in [0.2, 0.25) is 0 Å². The van der Waals surface area contributed by atoms with Crippen molar-refractivity contribution in [1.82, 2.24) is 25.3 Å². The van der Waals surface area contributed by atoms with Crippen molar-refractivity contribution < 1.29 is 14.4 Å². The molecule has 8 nitrogen and oxygen atoms in total. The van der Waals surface area contributed by atoms with Crippen LogP contribution in [0.1, 0.15) is 53.4 Å². The number of piperidine rings is 1. The molecular formula is C22H39N5O3. The third-order valence-electron chi connectivity index (χ3n) is 6.43. The predicted molar refractivity (Wildman–Crippen MR) is 116 cm³/mol. The average molecular weight is 422 g/mol. The molecule has 0 aliphatic carbocycles. The lowest BCUT2D eigenvalue weighted by Crippen LogP contribution is -2.63. The molecule has 0 aromatic heterocycles. The van der Waals surface area contributed by atoms with Crippen molar-refractivity contribution >= 4 is 17.8 Å².